The number of nitrogens with one attached hydrogen (secondary N) is 1. The molecule has 1 saturated heterocycles. The summed E-state index contributed by atoms with van der Waals surface area (Å²) in [6.07, 6.45) is 2.73. The number of likely N-dealkylation sites (tertiary alicyclic amines) is 1. The molecule has 1 aliphatic rings. The van der Waals surface area contributed by atoms with Crippen molar-refractivity contribution in [3.05, 3.63) is 17.5 Å². The van der Waals surface area contributed by atoms with Crippen LogP contribution < -0.4 is 5.32 Å². The van der Waals surface area contributed by atoms with Crippen molar-refractivity contribution in [3.63, 3.8) is 0 Å². The molecule has 4 heteroatoms. The zero-order valence-corrected chi connectivity index (χ0v) is 11.9. The Morgan fingerprint density at radius 1 is 1.39 bits per heavy atom. The van der Waals surface area contributed by atoms with Gasteiger partial charge >= 0.3 is 0 Å². The van der Waals surface area contributed by atoms with Crippen LogP contribution in [0, 0.1) is 6.92 Å². The summed E-state index contributed by atoms with van der Waals surface area (Å²) in [5.41, 5.74) is 2.41. The third kappa shape index (κ3) is 3.33. The Labute approximate surface area is 110 Å². The van der Waals surface area contributed by atoms with E-state index in [1.807, 2.05) is 0 Å². The lowest BCUT2D eigenvalue weighted by Gasteiger charge is -2.23. The molecule has 2 rings (SSSR count). The largest absolute Gasteiger partial charge is 0.310 e. The average molecular weight is 250 g/mol. The molecule has 1 N–H and O–H groups in total. The summed E-state index contributed by atoms with van der Waals surface area (Å²) in [4.78, 5) is 2.58. The van der Waals surface area contributed by atoms with Gasteiger partial charge in [0.1, 0.15) is 0 Å². The summed E-state index contributed by atoms with van der Waals surface area (Å²) in [6.45, 7) is 12.0. The molecule has 0 spiro atoms. The topological polar surface area (TPSA) is 33.1 Å². The maximum absolute atomic E-state index is 4.47. The van der Waals surface area contributed by atoms with E-state index in [2.05, 4.69) is 46.8 Å². The lowest BCUT2D eigenvalue weighted by Crippen LogP contribution is -2.38. The third-order valence-corrected chi connectivity index (χ3v) is 3.79. The molecule has 1 aromatic heterocycles. The average Bonchev–Trinajstić information content (AvgIpc) is 2.98. The maximum Gasteiger partial charge on any atom is 0.0597 e. The van der Waals surface area contributed by atoms with Crippen LogP contribution in [0.3, 0.4) is 0 Å². The molecule has 0 aliphatic carbocycles. The van der Waals surface area contributed by atoms with E-state index in [1.165, 1.54) is 31.6 Å². The fourth-order valence-electron chi connectivity index (χ4n) is 2.74. The van der Waals surface area contributed by atoms with Gasteiger partial charge in [0.25, 0.3) is 0 Å². The van der Waals surface area contributed by atoms with Crippen LogP contribution in [-0.4, -0.2) is 40.4 Å². The summed E-state index contributed by atoms with van der Waals surface area (Å²) < 4.78 is 2.09. The second kappa shape index (κ2) is 6.34. The van der Waals surface area contributed by atoms with E-state index in [0.717, 1.165) is 25.3 Å². The van der Waals surface area contributed by atoms with Crippen molar-refractivity contribution in [1.82, 2.24) is 20.0 Å². The summed E-state index contributed by atoms with van der Waals surface area (Å²) >= 11 is 0. The van der Waals surface area contributed by atoms with Gasteiger partial charge in [0, 0.05) is 25.7 Å². The van der Waals surface area contributed by atoms with Gasteiger partial charge in [-0.1, -0.05) is 0 Å². The highest BCUT2D eigenvalue weighted by Gasteiger charge is 2.17. The van der Waals surface area contributed by atoms with Crippen LogP contribution in [0.25, 0.3) is 0 Å². The second-order valence-corrected chi connectivity index (χ2v) is 5.32. The molecule has 0 aromatic carbocycles. The van der Waals surface area contributed by atoms with E-state index in [4.69, 9.17) is 0 Å². The van der Waals surface area contributed by atoms with Gasteiger partial charge in [0.05, 0.1) is 11.4 Å². The molecule has 102 valence electrons. The molecular weight excluding hydrogens is 224 g/mol. The van der Waals surface area contributed by atoms with Crippen molar-refractivity contribution in [3.8, 4) is 0 Å². The highest BCUT2D eigenvalue weighted by molar-refractivity contribution is 5.08. The Balaban J connectivity index is 1.77. The first-order valence-corrected chi connectivity index (χ1v) is 7.18. The standard InChI is InChI=1S/C14H26N4/c1-4-18-14(9-12(2)16-18)11-15-10-13(3)17-7-5-6-8-17/h9,13,15H,4-8,10-11H2,1-3H3. The van der Waals surface area contributed by atoms with Crippen LogP contribution in [0.2, 0.25) is 0 Å². The summed E-state index contributed by atoms with van der Waals surface area (Å²) in [6, 6.07) is 2.82. The Morgan fingerprint density at radius 2 is 2.11 bits per heavy atom. The molecule has 0 radical (unpaired) electrons. The minimum absolute atomic E-state index is 0.645. The molecule has 0 amide bonds. The van der Waals surface area contributed by atoms with Crippen LogP contribution in [0.1, 0.15) is 38.1 Å². The van der Waals surface area contributed by atoms with Crippen LogP contribution in [-0.2, 0) is 13.1 Å². The quantitative estimate of drug-likeness (QED) is 0.835. The van der Waals surface area contributed by atoms with Gasteiger partial charge in [-0.15, -0.1) is 0 Å². The molecule has 0 bridgehead atoms. The number of nitrogens with zero attached hydrogens (tertiary/aromatic N) is 3. The van der Waals surface area contributed by atoms with Crippen LogP contribution >= 0.6 is 0 Å². The zero-order chi connectivity index (χ0) is 13.0. The number of rotatable bonds is 6. The van der Waals surface area contributed by atoms with Gasteiger partial charge in [0.15, 0.2) is 0 Å². The Morgan fingerprint density at radius 3 is 2.78 bits per heavy atom. The van der Waals surface area contributed by atoms with Crippen molar-refractivity contribution in [2.24, 2.45) is 0 Å². The molecule has 0 saturated carbocycles. The maximum atomic E-state index is 4.47. The van der Waals surface area contributed by atoms with Gasteiger partial charge in [-0.25, -0.2) is 0 Å². The number of aromatic nitrogens is 2. The predicted octanol–water partition coefficient (Wildman–Crippen LogP) is 1.79. The Kier molecular flexibility index (Phi) is 4.78. The van der Waals surface area contributed by atoms with E-state index in [-0.39, 0.29) is 0 Å². The molecule has 1 unspecified atom stereocenters. The lowest BCUT2D eigenvalue weighted by atomic mass is 10.3. The van der Waals surface area contributed by atoms with Crippen molar-refractivity contribution < 1.29 is 0 Å². The highest BCUT2D eigenvalue weighted by Crippen LogP contribution is 2.11. The molecule has 4 nitrogen and oxygen atoms in total. The molecule has 2 heterocycles. The molecule has 1 aromatic rings. The second-order valence-electron chi connectivity index (χ2n) is 5.32. The highest BCUT2D eigenvalue weighted by atomic mass is 15.3. The Bertz CT molecular complexity index is 366. The van der Waals surface area contributed by atoms with Gasteiger partial charge in [0.2, 0.25) is 0 Å². The molecule has 1 atom stereocenters. The lowest BCUT2D eigenvalue weighted by molar-refractivity contribution is 0.251. The molecule has 18 heavy (non-hydrogen) atoms. The van der Waals surface area contributed by atoms with Crippen molar-refractivity contribution in [2.45, 2.75) is 52.7 Å². The first-order valence-electron chi connectivity index (χ1n) is 7.18. The molecular formula is C14H26N4. The van der Waals surface area contributed by atoms with Crippen LogP contribution in [0.15, 0.2) is 6.07 Å². The summed E-state index contributed by atoms with van der Waals surface area (Å²) in [5, 5.41) is 8.03. The van der Waals surface area contributed by atoms with Gasteiger partial charge in [-0.2, -0.15) is 5.10 Å². The van der Waals surface area contributed by atoms with Crippen LogP contribution in [0.5, 0.6) is 0 Å². The number of hydrogen-bond donors (Lipinski definition) is 1. The fraction of sp³-hybridized carbons (Fsp3) is 0.786. The molecule has 1 fully saturated rings. The normalized spacial score (nSPS) is 18.4. The van der Waals surface area contributed by atoms with Crippen molar-refractivity contribution >= 4 is 0 Å². The van der Waals surface area contributed by atoms with Gasteiger partial charge in [-0.05, 0) is 52.8 Å². The minimum Gasteiger partial charge on any atom is -0.310 e. The fourth-order valence-corrected chi connectivity index (χ4v) is 2.74. The van der Waals surface area contributed by atoms with Gasteiger partial charge in [-0.3, -0.25) is 9.58 Å². The number of aryl methyl sites for hydroxylation is 2. The van der Waals surface area contributed by atoms with E-state index < -0.39 is 0 Å². The first-order chi connectivity index (χ1) is 8.70. The van der Waals surface area contributed by atoms with Crippen molar-refractivity contribution in [1.29, 1.82) is 0 Å². The van der Waals surface area contributed by atoms with Gasteiger partial charge < -0.3 is 5.32 Å². The van der Waals surface area contributed by atoms with E-state index in [0.29, 0.717) is 6.04 Å². The van der Waals surface area contributed by atoms with Crippen molar-refractivity contribution in [2.75, 3.05) is 19.6 Å². The smallest absolute Gasteiger partial charge is 0.0597 e. The minimum atomic E-state index is 0.645. The van der Waals surface area contributed by atoms with Crippen LogP contribution in [0.4, 0.5) is 0 Å². The predicted molar refractivity (Wildman–Crippen MR) is 74.6 cm³/mol. The Hall–Kier alpha value is -0.870. The summed E-state index contributed by atoms with van der Waals surface area (Å²) in [7, 11) is 0. The number of hydrogen-bond acceptors (Lipinski definition) is 3. The first kappa shape index (κ1) is 13.6. The third-order valence-electron chi connectivity index (χ3n) is 3.79. The monoisotopic (exact) mass is 250 g/mol. The molecule has 1 aliphatic heterocycles. The summed E-state index contributed by atoms with van der Waals surface area (Å²) in [5.74, 6) is 0. The van der Waals surface area contributed by atoms with E-state index in [1.54, 1.807) is 0 Å². The zero-order valence-electron chi connectivity index (χ0n) is 11.9. The van der Waals surface area contributed by atoms with E-state index >= 15 is 0 Å². The van der Waals surface area contributed by atoms with E-state index in [9.17, 15) is 0 Å². The SMILES string of the molecule is CCn1nc(C)cc1CNCC(C)N1CCCC1.